The van der Waals surface area contributed by atoms with Gasteiger partial charge in [0.05, 0.1) is 19.0 Å². The highest BCUT2D eigenvalue weighted by Crippen LogP contribution is 1.86. The van der Waals surface area contributed by atoms with Crippen LogP contribution in [0.15, 0.2) is 12.2 Å². The second-order valence-corrected chi connectivity index (χ2v) is 4.86. The summed E-state index contributed by atoms with van der Waals surface area (Å²) >= 11 is 0. The van der Waals surface area contributed by atoms with Crippen LogP contribution in [0.25, 0.3) is 0 Å². The Kier molecular flexibility index (Phi) is 6.73. The minimum atomic E-state index is -3.35. The Morgan fingerprint density at radius 2 is 2.14 bits per heavy atom. The van der Waals surface area contributed by atoms with E-state index in [1.807, 2.05) is 6.92 Å². The van der Waals surface area contributed by atoms with Crippen molar-refractivity contribution >= 4 is 10.0 Å². The third-order valence-electron chi connectivity index (χ3n) is 1.33. The average molecular weight is 222 g/mol. The van der Waals surface area contributed by atoms with Gasteiger partial charge in [-0.05, 0) is 6.92 Å². The van der Waals surface area contributed by atoms with Crippen molar-refractivity contribution in [3.8, 4) is 0 Å². The molecule has 0 amide bonds. The maximum Gasteiger partial charge on any atom is 0.210 e. The Labute approximate surface area is 85.4 Å². The van der Waals surface area contributed by atoms with Gasteiger partial charge in [0.15, 0.2) is 0 Å². The minimum Gasteiger partial charge on any atom is -0.376 e. The van der Waals surface area contributed by atoms with Crippen LogP contribution < -0.4 is 10.5 Å². The van der Waals surface area contributed by atoms with Crippen molar-refractivity contribution in [3.63, 3.8) is 0 Å². The van der Waals surface area contributed by atoms with Crippen LogP contribution >= 0.6 is 0 Å². The molecule has 0 saturated carbocycles. The van der Waals surface area contributed by atoms with Gasteiger partial charge in [-0.15, -0.1) is 0 Å². The van der Waals surface area contributed by atoms with E-state index in [0.29, 0.717) is 26.3 Å². The fourth-order valence-electron chi connectivity index (χ4n) is 0.730. The molecule has 0 unspecified atom stereocenters. The smallest absolute Gasteiger partial charge is 0.210 e. The predicted molar refractivity (Wildman–Crippen MR) is 56.5 cm³/mol. The monoisotopic (exact) mass is 222 g/mol. The fraction of sp³-hybridized carbons (Fsp3) is 0.750. The zero-order chi connectivity index (χ0) is 11.0. The summed E-state index contributed by atoms with van der Waals surface area (Å²) in [5.41, 5.74) is 0.967. The molecule has 0 rings (SSSR count). The van der Waals surface area contributed by atoms with Crippen LogP contribution in [-0.2, 0) is 14.8 Å². The van der Waals surface area contributed by atoms with Crippen molar-refractivity contribution in [2.45, 2.75) is 6.92 Å². The molecule has 0 aliphatic rings. The highest BCUT2D eigenvalue weighted by Gasteiger charge is 2.00. The predicted octanol–water partition coefficient (Wildman–Crippen LogP) is -0.543. The molecular formula is C8H18N2O3S. The van der Waals surface area contributed by atoms with E-state index in [1.165, 1.54) is 0 Å². The Morgan fingerprint density at radius 1 is 1.50 bits per heavy atom. The summed E-state index contributed by atoms with van der Waals surface area (Å²) in [6.45, 7) is 7.61. The van der Waals surface area contributed by atoms with E-state index < -0.39 is 10.0 Å². The number of hydrogen-bond donors (Lipinski definition) is 2. The number of sulfonamides is 1. The quantitative estimate of drug-likeness (QED) is 0.427. The standard InChI is InChI=1S/C8H18N2O3S/c1-8(2)7-13-5-3-10-4-6-14(9,11)12/h10H,1,3-7H2,2H3,(H2,9,11,12). The fourth-order valence-corrected chi connectivity index (χ4v) is 1.16. The molecule has 0 atom stereocenters. The van der Waals surface area contributed by atoms with Crippen molar-refractivity contribution < 1.29 is 13.2 Å². The topological polar surface area (TPSA) is 81.4 Å². The lowest BCUT2D eigenvalue weighted by molar-refractivity contribution is 0.158. The molecule has 0 spiro atoms. The summed E-state index contributed by atoms with van der Waals surface area (Å²) in [6.07, 6.45) is 0. The van der Waals surface area contributed by atoms with Crippen LogP contribution in [0.5, 0.6) is 0 Å². The van der Waals surface area contributed by atoms with Crippen molar-refractivity contribution in [1.82, 2.24) is 5.32 Å². The van der Waals surface area contributed by atoms with Gasteiger partial charge < -0.3 is 10.1 Å². The Morgan fingerprint density at radius 3 is 2.64 bits per heavy atom. The molecule has 0 radical (unpaired) electrons. The molecule has 6 heteroatoms. The molecule has 0 bridgehead atoms. The van der Waals surface area contributed by atoms with Crippen LogP contribution in [0.4, 0.5) is 0 Å². The number of primary sulfonamides is 1. The highest BCUT2D eigenvalue weighted by molar-refractivity contribution is 7.89. The average Bonchev–Trinajstić information content (AvgIpc) is 2.00. The van der Waals surface area contributed by atoms with Crippen LogP contribution in [0.1, 0.15) is 6.92 Å². The summed E-state index contributed by atoms with van der Waals surface area (Å²) < 4.78 is 26.2. The van der Waals surface area contributed by atoms with Crippen molar-refractivity contribution in [1.29, 1.82) is 0 Å². The SMILES string of the molecule is C=C(C)COCCNCCS(N)(=O)=O. The molecule has 0 fully saturated rings. The van der Waals surface area contributed by atoms with Gasteiger partial charge >= 0.3 is 0 Å². The zero-order valence-electron chi connectivity index (χ0n) is 8.45. The van der Waals surface area contributed by atoms with Crippen molar-refractivity contribution in [2.24, 2.45) is 5.14 Å². The van der Waals surface area contributed by atoms with Gasteiger partial charge in [-0.25, -0.2) is 13.6 Å². The summed E-state index contributed by atoms with van der Waals surface area (Å²) in [5.74, 6) is -0.0481. The summed E-state index contributed by atoms with van der Waals surface area (Å²) in [4.78, 5) is 0. The van der Waals surface area contributed by atoms with E-state index in [1.54, 1.807) is 0 Å². The maximum absolute atomic E-state index is 10.5. The maximum atomic E-state index is 10.5. The van der Waals surface area contributed by atoms with Gasteiger partial charge in [0.25, 0.3) is 0 Å². The molecular weight excluding hydrogens is 204 g/mol. The van der Waals surface area contributed by atoms with Crippen LogP contribution in [0, 0.1) is 0 Å². The Hall–Kier alpha value is -0.430. The molecule has 0 aliphatic carbocycles. The Bertz CT molecular complexity index is 262. The van der Waals surface area contributed by atoms with E-state index >= 15 is 0 Å². The van der Waals surface area contributed by atoms with Crippen molar-refractivity contribution in [3.05, 3.63) is 12.2 Å². The van der Waals surface area contributed by atoms with Gasteiger partial charge in [0.2, 0.25) is 10.0 Å². The number of hydrogen-bond acceptors (Lipinski definition) is 4. The molecule has 5 nitrogen and oxygen atoms in total. The first-order valence-electron chi connectivity index (χ1n) is 4.35. The molecule has 0 saturated heterocycles. The van der Waals surface area contributed by atoms with Crippen LogP contribution in [0.2, 0.25) is 0 Å². The molecule has 0 aromatic carbocycles. The zero-order valence-corrected chi connectivity index (χ0v) is 9.27. The molecule has 0 heterocycles. The largest absolute Gasteiger partial charge is 0.376 e. The van der Waals surface area contributed by atoms with E-state index in [4.69, 9.17) is 9.88 Å². The normalized spacial score (nSPS) is 11.6. The van der Waals surface area contributed by atoms with Crippen LogP contribution in [-0.4, -0.2) is 40.5 Å². The highest BCUT2D eigenvalue weighted by atomic mass is 32.2. The van der Waals surface area contributed by atoms with E-state index in [9.17, 15) is 8.42 Å². The molecule has 0 aliphatic heterocycles. The first-order chi connectivity index (χ1) is 6.42. The van der Waals surface area contributed by atoms with Gasteiger partial charge in [-0.1, -0.05) is 12.2 Å². The molecule has 84 valence electrons. The number of nitrogens with one attached hydrogen (secondary N) is 1. The summed E-state index contributed by atoms with van der Waals surface area (Å²) in [7, 11) is -3.35. The Balaban J connectivity index is 3.19. The van der Waals surface area contributed by atoms with Crippen molar-refractivity contribution in [2.75, 3.05) is 32.1 Å². The molecule has 14 heavy (non-hydrogen) atoms. The van der Waals surface area contributed by atoms with E-state index in [0.717, 1.165) is 5.57 Å². The van der Waals surface area contributed by atoms with Gasteiger partial charge in [0.1, 0.15) is 0 Å². The van der Waals surface area contributed by atoms with E-state index in [-0.39, 0.29) is 5.75 Å². The third kappa shape index (κ3) is 11.6. The van der Waals surface area contributed by atoms with Crippen LogP contribution in [0.3, 0.4) is 0 Å². The van der Waals surface area contributed by atoms with Gasteiger partial charge in [-0.3, -0.25) is 0 Å². The lowest BCUT2D eigenvalue weighted by Crippen LogP contribution is -2.29. The van der Waals surface area contributed by atoms with E-state index in [2.05, 4.69) is 11.9 Å². The molecule has 3 N–H and O–H groups in total. The number of rotatable bonds is 8. The third-order valence-corrected chi connectivity index (χ3v) is 2.11. The number of nitrogens with two attached hydrogens (primary N) is 1. The minimum absolute atomic E-state index is 0.0481. The summed E-state index contributed by atoms with van der Waals surface area (Å²) in [6, 6.07) is 0. The van der Waals surface area contributed by atoms with Gasteiger partial charge in [0, 0.05) is 13.1 Å². The molecule has 0 aromatic heterocycles. The second-order valence-electron chi connectivity index (χ2n) is 3.13. The van der Waals surface area contributed by atoms with Gasteiger partial charge in [-0.2, -0.15) is 0 Å². The second kappa shape index (κ2) is 6.94. The lowest BCUT2D eigenvalue weighted by Gasteiger charge is -2.04. The lowest BCUT2D eigenvalue weighted by atomic mass is 10.4. The molecule has 0 aromatic rings. The first-order valence-corrected chi connectivity index (χ1v) is 6.06. The summed E-state index contributed by atoms with van der Waals surface area (Å²) in [5, 5.41) is 7.71. The number of ether oxygens (including phenoxy) is 1. The first kappa shape index (κ1) is 13.6.